The van der Waals surface area contributed by atoms with Gasteiger partial charge in [0.1, 0.15) is 0 Å². The largest absolute Gasteiger partial charge is 0.465 e. The van der Waals surface area contributed by atoms with Crippen molar-refractivity contribution in [2.75, 3.05) is 13.1 Å². The highest BCUT2D eigenvalue weighted by Crippen LogP contribution is 2.55. The summed E-state index contributed by atoms with van der Waals surface area (Å²) in [5, 5.41) is 13.7. The topological polar surface area (TPSA) is 71.2 Å². The number of rotatable bonds is 2. The number of halogens is 1. The molecule has 0 radical (unpaired) electrons. The van der Waals surface area contributed by atoms with Gasteiger partial charge in [-0.3, -0.25) is 9.67 Å². The number of pyridine rings is 1. The molecule has 0 aromatic carbocycles. The van der Waals surface area contributed by atoms with E-state index >= 15 is 0 Å². The van der Waals surface area contributed by atoms with Crippen molar-refractivity contribution >= 4 is 28.7 Å². The number of hydrogen-bond donors (Lipinski definition) is 1. The molecule has 1 spiro atoms. The molecule has 1 saturated heterocycles. The fourth-order valence-corrected chi connectivity index (χ4v) is 4.49. The highest BCUT2D eigenvalue weighted by molar-refractivity contribution is 14.1. The first-order valence-corrected chi connectivity index (χ1v) is 8.70. The maximum absolute atomic E-state index is 10.9. The maximum atomic E-state index is 10.9. The second-order valence-electron chi connectivity index (χ2n) is 6.63. The van der Waals surface area contributed by atoms with Crippen molar-refractivity contribution in [2.24, 2.45) is 5.41 Å². The van der Waals surface area contributed by atoms with Crippen LogP contribution in [0.15, 0.2) is 24.5 Å². The van der Waals surface area contributed by atoms with Gasteiger partial charge < -0.3 is 10.0 Å². The van der Waals surface area contributed by atoms with E-state index in [0.717, 1.165) is 33.4 Å². The molecule has 1 N–H and O–H groups in total. The molecule has 0 bridgehead atoms. The summed E-state index contributed by atoms with van der Waals surface area (Å²) in [5.74, 6) is 0. The third-order valence-electron chi connectivity index (χ3n) is 4.95. The summed E-state index contributed by atoms with van der Waals surface area (Å²) in [6.07, 6.45) is 4.85. The lowest BCUT2D eigenvalue weighted by molar-refractivity contribution is -0.0767. The molecular formula is C16H17IN4O2. The average Bonchev–Trinajstić information content (AvgIpc) is 2.72. The van der Waals surface area contributed by atoms with Crippen LogP contribution in [0.2, 0.25) is 0 Å². The van der Waals surface area contributed by atoms with E-state index in [1.54, 1.807) is 6.20 Å². The normalized spacial score (nSPS) is 19.5. The van der Waals surface area contributed by atoms with Gasteiger partial charge in [0.2, 0.25) is 0 Å². The Morgan fingerprint density at radius 1 is 1.43 bits per heavy atom. The summed E-state index contributed by atoms with van der Waals surface area (Å²) >= 11 is 2.35. The highest BCUT2D eigenvalue weighted by atomic mass is 127. The molecule has 2 aromatic rings. The van der Waals surface area contributed by atoms with Crippen LogP contribution in [0.3, 0.4) is 0 Å². The summed E-state index contributed by atoms with van der Waals surface area (Å²) in [7, 11) is 0. The standard InChI is InChI=1S/C16H17IN4O2/c1-10-13(17)14(11-3-2-4-18-7-11)21(19-10)12-5-16(6-12)8-20(9-16)15(22)23/h2-4,7,12H,5-6,8-9H2,1H3,(H,22,23). The molecule has 2 aromatic heterocycles. The Balaban J connectivity index is 1.58. The van der Waals surface area contributed by atoms with Gasteiger partial charge in [0.05, 0.1) is 21.0 Å². The van der Waals surface area contributed by atoms with Gasteiger partial charge in [-0.2, -0.15) is 5.10 Å². The van der Waals surface area contributed by atoms with E-state index in [9.17, 15) is 4.79 Å². The van der Waals surface area contributed by atoms with Crippen molar-refractivity contribution < 1.29 is 9.90 Å². The quantitative estimate of drug-likeness (QED) is 0.752. The smallest absolute Gasteiger partial charge is 0.407 e. The van der Waals surface area contributed by atoms with Crippen LogP contribution >= 0.6 is 22.6 Å². The summed E-state index contributed by atoms with van der Waals surface area (Å²) in [5.41, 5.74) is 3.43. The Morgan fingerprint density at radius 3 is 2.78 bits per heavy atom. The predicted octanol–water partition coefficient (Wildman–Crippen LogP) is 3.17. The molecule has 3 heterocycles. The van der Waals surface area contributed by atoms with Crippen LogP contribution in [0.5, 0.6) is 0 Å². The van der Waals surface area contributed by atoms with E-state index in [0.29, 0.717) is 19.1 Å². The number of nitrogens with zero attached hydrogens (tertiary/aromatic N) is 4. The Labute approximate surface area is 147 Å². The van der Waals surface area contributed by atoms with Crippen molar-refractivity contribution in [2.45, 2.75) is 25.8 Å². The van der Waals surface area contributed by atoms with Gasteiger partial charge in [0.25, 0.3) is 0 Å². The average molecular weight is 424 g/mol. The second kappa shape index (κ2) is 5.19. The van der Waals surface area contributed by atoms with Crippen LogP contribution in [-0.4, -0.2) is 44.0 Å². The van der Waals surface area contributed by atoms with Gasteiger partial charge in [-0.25, -0.2) is 4.79 Å². The van der Waals surface area contributed by atoms with Crippen molar-refractivity contribution in [3.05, 3.63) is 33.8 Å². The van der Waals surface area contributed by atoms with Crippen molar-refractivity contribution in [1.82, 2.24) is 19.7 Å². The number of carbonyl (C=O) groups is 1. The zero-order valence-corrected chi connectivity index (χ0v) is 14.9. The maximum Gasteiger partial charge on any atom is 0.407 e. The Kier molecular flexibility index (Phi) is 3.36. The molecule has 6 nitrogen and oxygen atoms in total. The Morgan fingerprint density at radius 2 is 2.17 bits per heavy atom. The minimum atomic E-state index is -0.806. The minimum Gasteiger partial charge on any atom is -0.465 e. The zero-order chi connectivity index (χ0) is 16.2. The first-order chi connectivity index (χ1) is 11.0. The van der Waals surface area contributed by atoms with Gasteiger partial charge in [-0.05, 0) is 54.5 Å². The van der Waals surface area contributed by atoms with Crippen LogP contribution in [-0.2, 0) is 0 Å². The molecule has 1 amide bonds. The predicted molar refractivity (Wildman–Crippen MR) is 93.2 cm³/mol. The van der Waals surface area contributed by atoms with E-state index in [2.05, 4.69) is 38.3 Å². The van der Waals surface area contributed by atoms with Crippen molar-refractivity contribution in [3.8, 4) is 11.3 Å². The first kappa shape index (κ1) is 14.9. The number of likely N-dealkylation sites (tertiary alicyclic amines) is 1. The lowest BCUT2D eigenvalue weighted by Gasteiger charge is -2.58. The van der Waals surface area contributed by atoms with E-state index in [-0.39, 0.29) is 5.41 Å². The van der Waals surface area contributed by atoms with Crippen LogP contribution < -0.4 is 0 Å². The molecule has 1 aliphatic carbocycles. The van der Waals surface area contributed by atoms with Gasteiger partial charge in [-0.15, -0.1) is 0 Å². The summed E-state index contributed by atoms with van der Waals surface area (Å²) in [6.45, 7) is 3.36. The minimum absolute atomic E-state index is 0.181. The molecule has 2 fully saturated rings. The first-order valence-electron chi connectivity index (χ1n) is 7.62. The van der Waals surface area contributed by atoms with Crippen LogP contribution in [0.1, 0.15) is 24.6 Å². The highest BCUT2D eigenvalue weighted by Gasteiger charge is 2.55. The van der Waals surface area contributed by atoms with E-state index in [1.165, 1.54) is 4.90 Å². The third-order valence-corrected chi connectivity index (χ3v) is 6.25. The van der Waals surface area contributed by atoms with Gasteiger partial charge in [0.15, 0.2) is 0 Å². The fourth-order valence-electron chi connectivity index (χ4n) is 3.82. The second-order valence-corrected chi connectivity index (χ2v) is 7.71. The summed E-state index contributed by atoms with van der Waals surface area (Å²) < 4.78 is 3.29. The number of aryl methyl sites for hydroxylation is 1. The Hall–Kier alpha value is -1.64. The fraction of sp³-hybridized carbons (Fsp3) is 0.438. The van der Waals surface area contributed by atoms with Gasteiger partial charge in [0, 0.05) is 36.5 Å². The van der Waals surface area contributed by atoms with E-state index in [1.807, 2.05) is 19.2 Å². The van der Waals surface area contributed by atoms with Gasteiger partial charge >= 0.3 is 6.09 Å². The third kappa shape index (κ3) is 2.32. The van der Waals surface area contributed by atoms with Crippen LogP contribution in [0, 0.1) is 15.9 Å². The molecule has 7 heteroatoms. The molecule has 0 unspecified atom stereocenters. The monoisotopic (exact) mass is 424 g/mol. The molecule has 120 valence electrons. The lowest BCUT2D eigenvalue weighted by Crippen LogP contribution is -2.63. The van der Waals surface area contributed by atoms with Crippen LogP contribution in [0.4, 0.5) is 4.79 Å². The summed E-state index contributed by atoms with van der Waals surface area (Å²) in [4.78, 5) is 16.7. The van der Waals surface area contributed by atoms with Gasteiger partial charge in [-0.1, -0.05) is 0 Å². The molecule has 2 aliphatic rings. The molecule has 1 saturated carbocycles. The molecular weight excluding hydrogens is 407 g/mol. The molecule has 1 aliphatic heterocycles. The zero-order valence-electron chi connectivity index (χ0n) is 12.7. The number of hydrogen-bond acceptors (Lipinski definition) is 3. The number of aromatic nitrogens is 3. The SMILES string of the molecule is Cc1nn(C2CC3(C2)CN(C(=O)O)C3)c(-c2cccnc2)c1I. The molecule has 0 atom stereocenters. The van der Waals surface area contributed by atoms with E-state index < -0.39 is 6.09 Å². The van der Waals surface area contributed by atoms with E-state index in [4.69, 9.17) is 10.2 Å². The van der Waals surface area contributed by atoms with Crippen molar-refractivity contribution in [3.63, 3.8) is 0 Å². The number of amides is 1. The number of carboxylic acid groups (broad SMARTS) is 1. The molecule has 4 rings (SSSR count). The lowest BCUT2D eigenvalue weighted by atomic mass is 9.61. The van der Waals surface area contributed by atoms with Crippen molar-refractivity contribution in [1.29, 1.82) is 0 Å². The van der Waals surface area contributed by atoms with Crippen LogP contribution in [0.25, 0.3) is 11.3 Å². The molecule has 23 heavy (non-hydrogen) atoms. The Bertz CT molecular complexity index is 760. The summed E-state index contributed by atoms with van der Waals surface area (Å²) in [6, 6.07) is 4.35.